The Morgan fingerprint density at radius 2 is 1.29 bits per heavy atom. The van der Waals surface area contributed by atoms with Crippen molar-refractivity contribution in [2.75, 3.05) is 6.67 Å². The number of alkyl halides is 4. The van der Waals surface area contributed by atoms with Crippen LogP contribution >= 0.6 is 0 Å². The van der Waals surface area contributed by atoms with Gasteiger partial charge in [-0.1, -0.05) is 0 Å². The van der Waals surface area contributed by atoms with Crippen LogP contribution in [0.4, 0.5) is 22.3 Å². The highest BCUT2D eigenvalue weighted by atomic mass is 19.4. The SMILES string of the molecule is F.FCC(F)(F)F. The molecule has 5 heteroatoms. The highest BCUT2D eigenvalue weighted by Crippen LogP contribution is 2.13. The summed E-state index contributed by atoms with van der Waals surface area (Å²) in [5.41, 5.74) is 0. The Kier molecular flexibility index (Phi) is 3.87. The minimum Gasteiger partial charge on any atom is -0.269 e. The fourth-order valence-electron chi connectivity index (χ4n) is 0. The van der Waals surface area contributed by atoms with Crippen molar-refractivity contribution < 1.29 is 22.3 Å². The molecule has 0 aromatic rings. The summed E-state index contributed by atoms with van der Waals surface area (Å²) in [5.74, 6) is 0. The van der Waals surface area contributed by atoms with Crippen molar-refractivity contribution in [1.29, 1.82) is 0 Å². The van der Waals surface area contributed by atoms with E-state index in [-0.39, 0.29) is 4.70 Å². The molecule has 0 heterocycles. The zero-order chi connectivity index (χ0) is 5.21. The van der Waals surface area contributed by atoms with Crippen LogP contribution < -0.4 is 0 Å². The minimum atomic E-state index is -4.62. The van der Waals surface area contributed by atoms with Crippen molar-refractivity contribution in [1.82, 2.24) is 0 Å². The Morgan fingerprint density at radius 3 is 1.29 bits per heavy atom. The summed E-state index contributed by atoms with van der Waals surface area (Å²) < 4.78 is 41.6. The number of rotatable bonds is 0. The van der Waals surface area contributed by atoms with Crippen LogP contribution in [0.25, 0.3) is 0 Å². The summed E-state index contributed by atoms with van der Waals surface area (Å²) >= 11 is 0. The van der Waals surface area contributed by atoms with Crippen LogP contribution in [0.1, 0.15) is 0 Å². The summed E-state index contributed by atoms with van der Waals surface area (Å²) in [6.45, 7) is -2.23. The van der Waals surface area contributed by atoms with Gasteiger partial charge in [-0.15, -0.1) is 0 Å². The topological polar surface area (TPSA) is 0 Å². The lowest BCUT2D eigenvalue weighted by atomic mass is 10.8. The highest BCUT2D eigenvalue weighted by molar-refractivity contribution is 4.39. The van der Waals surface area contributed by atoms with E-state index in [1.165, 1.54) is 0 Å². The quantitative estimate of drug-likeness (QED) is 0.428. The van der Waals surface area contributed by atoms with Crippen LogP contribution in [-0.4, -0.2) is 12.9 Å². The van der Waals surface area contributed by atoms with Crippen LogP contribution in [0.3, 0.4) is 0 Å². The van der Waals surface area contributed by atoms with Crippen molar-refractivity contribution in [3.8, 4) is 0 Å². The largest absolute Gasteiger partial charge is 0.416 e. The van der Waals surface area contributed by atoms with E-state index in [1.54, 1.807) is 0 Å². The average molecular weight is 122 g/mol. The predicted molar refractivity (Wildman–Crippen MR) is 14.5 cm³/mol. The van der Waals surface area contributed by atoms with Gasteiger partial charge in [-0.2, -0.15) is 13.2 Å². The third-order valence-corrected chi connectivity index (χ3v) is 0.152. The van der Waals surface area contributed by atoms with E-state index in [9.17, 15) is 17.6 Å². The first-order chi connectivity index (χ1) is 2.56. The van der Waals surface area contributed by atoms with Crippen molar-refractivity contribution >= 4 is 0 Å². The van der Waals surface area contributed by atoms with Crippen molar-refractivity contribution in [3.05, 3.63) is 0 Å². The third-order valence-electron chi connectivity index (χ3n) is 0.152. The van der Waals surface area contributed by atoms with Gasteiger partial charge in [0.2, 0.25) is 0 Å². The molecular formula is C2H3F5. The summed E-state index contributed by atoms with van der Waals surface area (Å²) in [6, 6.07) is 0. The lowest BCUT2D eigenvalue weighted by Gasteiger charge is -1.93. The molecule has 46 valence electrons. The Labute approximate surface area is 36.5 Å². The van der Waals surface area contributed by atoms with Gasteiger partial charge in [0, 0.05) is 0 Å². The van der Waals surface area contributed by atoms with E-state index >= 15 is 0 Å². The van der Waals surface area contributed by atoms with Gasteiger partial charge in [-0.05, 0) is 0 Å². The Morgan fingerprint density at radius 1 is 1.14 bits per heavy atom. The molecule has 0 atom stereocenters. The van der Waals surface area contributed by atoms with Gasteiger partial charge in [0.15, 0.2) is 6.67 Å². The minimum absolute atomic E-state index is 0. The summed E-state index contributed by atoms with van der Waals surface area (Å²) in [6.07, 6.45) is -4.62. The second-order valence-corrected chi connectivity index (χ2v) is 0.749. The molecule has 0 aliphatic carbocycles. The fourth-order valence-corrected chi connectivity index (χ4v) is 0. The zero-order valence-electron chi connectivity index (χ0n) is 3.13. The van der Waals surface area contributed by atoms with Crippen molar-refractivity contribution in [3.63, 3.8) is 0 Å². The normalized spacial score (nSPS) is 10.3. The van der Waals surface area contributed by atoms with E-state index in [1.807, 2.05) is 0 Å². The highest BCUT2D eigenvalue weighted by Gasteiger charge is 2.26. The van der Waals surface area contributed by atoms with Crippen molar-refractivity contribution in [2.45, 2.75) is 6.18 Å². The Hall–Kier alpha value is -0.350. The van der Waals surface area contributed by atoms with E-state index in [4.69, 9.17) is 0 Å². The van der Waals surface area contributed by atoms with E-state index in [0.29, 0.717) is 0 Å². The van der Waals surface area contributed by atoms with Gasteiger partial charge in [-0.3, -0.25) is 4.70 Å². The molecule has 0 aliphatic heterocycles. The standard InChI is InChI=1S/C2H2F4.FH/c3-1-2(4,5)6;/h1H2;1H. The molecule has 0 saturated heterocycles. The van der Waals surface area contributed by atoms with Gasteiger partial charge in [0.25, 0.3) is 0 Å². The smallest absolute Gasteiger partial charge is 0.269 e. The maximum absolute atomic E-state index is 10.4. The molecule has 0 N–H and O–H groups in total. The third kappa shape index (κ3) is 10.7. The second-order valence-electron chi connectivity index (χ2n) is 0.749. The van der Waals surface area contributed by atoms with Crippen LogP contribution in [0.2, 0.25) is 0 Å². The molecule has 0 aromatic heterocycles. The summed E-state index contributed by atoms with van der Waals surface area (Å²) in [4.78, 5) is 0. The molecule has 0 nitrogen and oxygen atoms in total. The molecule has 0 unspecified atom stereocenters. The first-order valence-electron chi connectivity index (χ1n) is 1.19. The lowest BCUT2D eigenvalue weighted by Crippen LogP contribution is -2.08. The fraction of sp³-hybridized carbons (Fsp3) is 1.00. The number of hydrogen-bond acceptors (Lipinski definition) is 0. The Bertz CT molecular complexity index is 35.8. The molecule has 0 amide bonds. The first kappa shape index (κ1) is 9.82. The second kappa shape index (κ2) is 2.76. The predicted octanol–water partition coefficient (Wildman–Crippen LogP) is 1.67. The number of halogens is 5. The molecule has 0 aliphatic rings. The van der Waals surface area contributed by atoms with E-state index in [0.717, 1.165) is 0 Å². The molecule has 0 aromatic carbocycles. The number of hydrogen-bond donors (Lipinski definition) is 0. The van der Waals surface area contributed by atoms with E-state index < -0.39 is 12.9 Å². The molecule has 0 spiro atoms. The Balaban J connectivity index is 0. The maximum Gasteiger partial charge on any atom is 0.416 e. The van der Waals surface area contributed by atoms with Crippen molar-refractivity contribution in [2.24, 2.45) is 0 Å². The van der Waals surface area contributed by atoms with E-state index in [2.05, 4.69) is 0 Å². The summed E-state index contributed by atoms with van der Waals surface area (Å²) in [5, 5.41) is 0. The monoisotopic (exact) mass is 122 g/mol. The van der Waals surface area contributed by atoms with Gasteiger partial charge in [0.1, 0.15) is 0 Å². The average Bonchev–Trinajstić information content (AvgIpc) is 1.35. The molecule has 0 fully saturated rings. The van der Waals surface area contributed by atoms with Crippen LogP contribution in [0, 0.1) is 0 Å². The first-order valence-corrected chi connectivity index (χ1v) is 1.19. The van der Waals surface area contributed by atoms with Gasteiger partial charge in [0.05, 0.1) is 0 Å². The molecule has 0 saturated carbocycles. The van der Waals surface area contributed by atoms with Crippen LogP contribution in [0.15, 0.2) is 0 Å². The molecule has 0 rings (SSSR count). The molecule has 7 heavy (non-hydrogen) atoms. The van der Waals surface area contributed by atoms with Gasteiger partial charge >= 0.3 is 6.18 Å². The maximum atomic E-state index is 10.4. The molecular weight excluding hydrogens is 119 g/mol. The van der Waals surface area contributed by atoms with Gasteiger partial charge in [-0.25, -0.2) is 4.39 Å². The molecule has 0 radical (unpaired) electrons. The summed E-state index contributed by atoms with van der Waals surface area (Å²) in [7, 11) is 0. The van der Waals surface area contributed by atoms with Gasteiger partial charge < -0.3 is 0 Å². The molecule has 0 bridgehead atoms. The lowest BCUT2D eigenvalue weighted by molar-refractivity contribution is -0.142. The van der Waals surface area contributed by atoms with Crippen LogP contribution in [0.5, 0.6) is 0 Å². The van der Waals surface area contributed by atoms with Crippen LogP contribution in [-0.2, 0) is 0 Å². The zero-order valence-corrected chi connectivity index (χ0v) is 3.13.